The monoisotopic (exact) mass is 254 g/mol. The molecule has 0 atom stereocenters. The average molecular weight is 254 g/mol. The molecule has 4 heteroatoms. The number of thioether (sulfide) groups is 1. The van der Waals surface area contributed by atoms with Crippen molar-refractivity contribution in [2.24, 2.45) is 5.73 Å². The number of nitrogens with zero attached hydrogens (tertiary/aromatic N) is 1. The zero-order chi connectivity index (χ0) is 12.7. The van der Waals surface area contributed by atoms with E-state index in [0.717, 1.165) is 19.6 Å². The normalized spacial score (nSPS) is 10.6. The number of hydrogen-bond donors (Lipinski definition) is 1. The van der Waals surface area contributed by atoms with Gasteiger partial charge in [-0.15, -0.1) is 11.8 Å². The number of nitrogens with two attached hydrogens (primary N) is 1. The Balaban J connectivity index is 2.81. The first-order valence-electron chi connectivity index (χ1n) is 5.80. The maximum Gasteiger partial charge on any atom is 0.0479 e. The smallest absolute Gasteiger partial charge is 0.0479 e. The van der Waals surface area contributed by atoms with Crippen LogP contribution in [0.2, 0.25) is 0 Å². The largest absolute Gasteiger partial charge is 0.385 e. The lowest BCUT2D eigenvalue weighted by Crippen LogP contribution is -2.22. The third kappa shape index (κ3) is 3.91. The van der Waals surface area contributed by atoms with Gasteiger partial charge in [0, 0.05) is 50.0 Å². The van der Waals surface area contributed by atoms with E-state index >= 15 is 0 Å². The van der Waals surface area contributed by atoms with Gasteiger partial charge in [-0.2, -0.15) is 0 Å². The Hall–Kier alpha value is -0.710. The molecule has 0 spiro atoms. The summed E-state index contributed by atoms with van der Waals surface area (Å²) in [6, 6.07) is 6.35. The first kappa shape index (κ1) is 14.4. The standard InChI is InChI=1S/C13H22N2OS/c1-15(8-5-9-16-2)12-6-4-7-13(17-3)11(12)10-14/h4,6-7H,5,8-10,14H2,1-3H3. The molecule has 0 aliphatic carbocycles. The number of benzene rings is 1. The summed E-state index contributed by atoms with van der Waals surface area (Å²) < 4.78 is 5.07. The molecule has 0 unspecified atom stereocenters. The van der Waals surface area contributed by atoms with Gasteiger partial charge in [-0.1, -0.05) is 6.07 Å². The van der Waals surface area contributed by atoms with Crippen LogP contribution in [-0.4, -0.2) is 33.6 Å². The van der Waals surface area contributed by atoms with E-state index in [1.54, 1.807) is 18.9 Å². The molecule has 0 radical (unpaired) electrons. The second-order valence-electron chi connectivity index (χ2n) is 3.93. The summed E-state index contributed by atoms with van der Waals surface area (Å²) in [4.78, 5) is 3.52. The first-order valence-corrected chi connectivity index (χ1v) is 7.03. The predicted octanol–water partition coefficient (Wildman–Crippen LogP) is 2.34. The van der Waals surface area contributed by atoms with Crippen LogP contribution in [0.15, 0.2) is 23.1 Å². The Morgan fingerprint density at radius 1 is 1.41 bits per heavy atom. The van der Waals surface area contributed by atoms with E-state index in [1.165, 1.54) is 16.1 Å². The molecule has 2 N–H and O–H groups in total. The van der Waals surface area contributed by atoms with Gasteiger partial charge in [-0.25, -0.2) is 0 Å². The van der Waals surface area contributed by atoms with Gasteiger partial charge in [0.25, 0.3) is 0 Å². The molecule has 0 heterocycles. The molecule has 0 amide bonds. The predicted molar refractivity (Wildman–Crippen MR) is 75.9 cm³/mol. The molecule has 1 aromatic rings. The van der Waals surface area contributed by atoms with E-state index in [9.17, 15) is 0 Å². The van der Waals surface area contributed by atoms with Crippen molar-refractivity contribution in [1.29, 1.82) is 0 Å². The summed E-state index contributed by atoms with van der Waals surface area (Å²) in [5.41, 5.74) is 8.32. The molecule has 0 aliphatic rings. The lowest BCUT2D eigenvalue weighted by Gasteiger charge is -2.23. The van der Waals surface area contributed by atoms with Gasteiger partial charge >= 0.3 is 0 Å². The summed E-state index contributed by atoms with van der Waals surface area (Å²) in [5.74, 6) is 0. The SMILES string of the molecule is COCCCN(C)c1cccc(SC)c1CN. The average Bonchev–Trinajstić information content (AvgIpc) is 2.37. The minimum atomic E-state index is 0.584. The van der Waals surface area contributed by atoms with Gasteiger partial charge in [0.05, 0.1) is 0 Å². The quantitative estimate of drug-likeness (QED) is 0.599. The molecule has 1 aromatic carbocycles. The van der Waals surface area contributed by atoms with E-state index < -0.39 is 0 Å². The third-order valence-corrected chi connectivity index (χ3v) is 3.61. The Bertz CT molecular complexity index is 344. The molecule has 0 bridgehead atoms. The highest BCUT2D eigenvalue weighted by atomic mass is 32.2. The van der Waals surface area contributed by atoms with E-state index in [4.69, 9.17) is 10.5 Å². The van der Waals surface area contributed by atoms with Crippen molar-refractivity contribution in [3.05, 3.63) is 23.8 Å². The van der Waals surface area contributed by atoms with Crippen molar-refractivity contribution in [2.45, 2.75) is 17.9 Å². The Morgan fingerprint density at radius 2 is 2.18 bits per heavy atom. The lowest BCUT2D eigenvalue weighted by molar-refractivity contribution is 0.196. The molecule has 0 aliphatic heterocycles. The van der Waals surface area contributed by atoms with Crippen LogP contribution >= 0.6 is 11.8 Å². The van der Waals surface area contributed by atoms with Crippen molar-refractivity contribution in [1.82, 2.24) is 0 Å². The zero-order valence-corrected chi connectivity index (χ0v) is 11.7. The topological polar surface area (TPSA) is 38.5 Å². The van der Waals surface area contributed by atoms with Crippen LogP contribution in [0.5, 0.6) is 0 Å². The highest BCUT2D eigenvalue weighted by molar-refractivity contribution is 7.98. The number of rotatable bonds is 7. The van der Waals surface area contributed by atoms with Crippen LogP contribution in [0.4, 0.5) is 5.69 Å². The molecule has 0 aromatic heterocycles. The van der Waals surface area contributed by atoms with Crippen LogP contribution in [-0.2, 0) is 11.3 Å². The molecular weight excluding hydrogens is 232 g/mol. The number of methoxy groups -OCH3 is 1. The van der Waals surface area contributed by atoms with Gasteiger partial charge in [0.1, 0.15) is 0 Å². The summed E-state index contributed by atoms with van der Waals surface area (Å²) in [7, 11) is 3.84. The molecule has 96 valence electrons. The maximum absolute atomic E-state index is 5.85. The molecule has 1 rings (SSSR count). The van der Waals surface area contributed by atoms with Crippen molar-refractivity contribution in [3.63, 3.8) is 0 Å². The van der Waals surface area contributed by atoms with Crippen molar-refractivity contribution in [2.75, 3.05) is 38.5 Å². The van der Waals surface area contributed by atoms with Crippen LogP contribution in [0.1, 0.15) is 12.0 Å². The van der Waals surface area contributed by atoms with Crippen LogP contribution in [0.25, 0.3) is 0 Å². The second-order valence-corrected chi connectivity index (χ2v) is 4.78. The molecule has 0 saturated heterocycles. The van der Waals surface area contributed by atoms with Crippen molar-refractivity contribution >= 4 is 17.4 Å². The minimum absolute atomic E-state index is 0.584. The minimum Gasteiger partial charge on any atom is -0.385 e. The van der Waals surface area contributed by atoms with Crippen molar-refractivity contribution < 1.29 is 4.74 Å². The van der Waals surface area contributed by atoms with E-state index in [-0.39, 0.29) is 0 Å². The second kappa shape index (κ2) is 7.58. The van der Waals surface area contributed by atoms with Gasteiger partial charge in [0.2, 0.25) is 0 Å². The third-order valence-electron chi connectivity index (χ3n) is 2.79. The maximum atomic E-state index is 5.85. The first-order chi connectivity index (χ1) is 8.24. The fourth-order valence-corrected chi connectivity index (χ4v) is 2.52. The molecule has 0 saturated carbocycles. The Labute approximate surface area is 108 Å². The van der Waals surface area contributed by atoms with Crippen LogP contribution in [0.3, 0.4) is 0 Å². The van der Waals surface area contributed by atoms with Crippen LogP contribution < -0.4 is 10.6 Å². The molecule has 3 nitrogen and oxygen atoms in total. The van der Waals surface area contributed by atoms with E-state index in [0.29, 0.717) is 6.54 Å². The zero-order valence-electron chi connectivity index (χ0n) is 10.9. The molecule has 17 heavy (non-hydrogen) atoms. The number of ether oxygens (including phenoxy) is 1. The molecule has 0 fully saturated rings. The van der Waals surface area contributed by atoms with Gasteiger partial charge in [-0.3, -0.25) is 0 Å². The summed E-state index contributed by atoms with van der Waals surface area (Å²) in [6.07, 6.45) is 3.11. The van der Waals surface area contributed by atoms with Gasteiger partial charge < -0.3 is 15.4 Å². The van der Waals surface area contributed by atoms with Gasteiger partial charge in [0.15, 0.2) is 0 Å². The van der Waals surface area contributed by atoms with Crippen molar-refractivity contribution in [3.8, 4) is 0 Å². The lowest BCUT2D eigenvalue weighted by atomic mass is 10.1. The van der Waals surface area contributed by atoms with E-state index in [1.807, 2.05) is 0 Å². The fraction of sp³-hybridized carbons (Fsp3) is 0.538. The van der Waals surface area contributed by atoms with Gasteiger partial charge in [-0.05, 0) is 24.8 Å². The highest BCUT2D eigenvalue weighted by Crippen LogP contribution is 2.28. The highest BCUT2D eigenvalue weighted by Gasteiger charge is 2.09. The number of hydrogen-bond acceptors (Lipinski definition) is 4. The van der Waals surface area contributed by atoms with E-state index in [2.05, 4.69) is 36.4 Å². The number of anilines is 1. The fourth-order valence-electron chi connectivity index (χ4n) is 1.87. The Morgan fingerprint density at radius 3 is 2.76 bits per heavy atom. The summed E-state index contributed by atoms with van der Waals surface area (Å²) in [5, 5.41) is 0. The summed E-state index contributed by atoms with van der Waals surface area (Å²) >= 11 is 1.75. The van der Waals surface area contributed by atoms with Crippen LogP contribution in [0, 0.1) is 0 Å². The molecular formula is C13H22N2OS. The summed E-state index contributed by atoms with van der Waals surface area (Å²) in [6.45, 7) is 2.37. The Kier molecular flexibility index (Phi) is 6.40.